The van der Waals surface area contributed by atoms with E-state index in [1.807, 2.05) is 26.0 Å². The third-order valence-electron chi connectivity index (χ3n) is 4.14. The number of para-hydroxylation sites is 1. The molecule has 0 spiro atoms. The molecule has 4 nitrogen and oxygen atoms in total. The van der Waals surface area contributed by atoms with Crippen LogP contribution in [0.2, 0.25) is 0 Å². The maximum Gasteiger partial charge on any atom is 0.165 e. The quantitative estimate of drug-likeness (QED) is 0.415. The number of thiazole rings is 2. The minimum absolute atomic E-state index is 0.246. The van der Waals surface area contributed by atoms with Gasteiger partial charge in [0, 0.05) is 29.3 Å². The van der Waals surface area contributed by atoms with Crippen molar-refractivity contribution >= 4 is 22.7 Å². The molecule has 142 valence electrons. The number of ether oxygens (including phenoxy) is 1. The summed E-state index contributed by atoms with van der Waals surface area (Å²) in [5.41, 5.74) is 3.84. The second-order valence-corrected chi connectivity index (χ2v) is 8.47. The van der Waals surface area contributed by atoms with Crippen molar-refractivity contribution < 1.29 is 9.13 Å². The Morgan fingerprint density at radius 2 is 1.93 bits per heavy atom. The molecule has 0 saturated carbocycles. The number of rotatable bonds is 6. The van der Waals surface area contributed by atoms with Crippen LogP contribution in [0.1, 0.15) is 27.0 Å². The van der Waals surface area contributed by atoms with Crippen LogP contribution in [0.4, 0.5) is 4.39 Å². The van der Waals surface area contributed by atoms with Gasteiger partial charge in [0.2, 0.25) is 0 Å². The number of benzene rings is 1. The average molecular weight is 412 g/mol. The molecule has 0 saturated heterocycles. The summed E-state index contributed by atoms with van der Waals surface area (Å²) >= 11 is 3.30. The van der Waals surface area contributed by atoms with Crippen LogP contribution in [0.3, 0.4) is 0 Å². The first kappa shape index (κ1) is 18.7. The van der Waals surface area contributed by atoms with Gasteiger partial charge in [-0.1, -0.05) is 18.2 Å². The van der Waals surface area contributed by atoms with Gasteiger partial charge in [-0.15, -0.1) is 22.7 Å². The van der Waals surface area contributed by atoms with Crippen LogP contribution in [0.25, 0.3) is 10.6 Å². The van der Waals surface area contributed by atoms with E-state index in [9.17, 15) is 4.39 Å². The Bertz CT molecular complexity index is 1090. The van der Waals surface area contributed by atoms with Gasteiger partial charge in [0.05, 0.1) is 26.3 Å². The topological polar surface area (TPSA) is 47.9 Å². The molecule has 3 heterocycles. The smallest absolute Gasteiger partial charge is 0.165 e. The molecular weight excluding hydrogens is 393 g/mol. The zero-order valence-corrected chi connectivity index (χ0v) is 17.1. The van der Waals surface area contributed by atoms with E-state index in [4.69, 9.17) is 9.72 Å². The highest BCUT2D eigenvalue weighted by molar-refractivity contribution is 7.15. The molecule has 0 aliphatic rings. The Kier molecular flexibility index (Phi) is 5.45. The van der Waals surface area contributed by atoms with E-state index >= 15 is 0 Å². The molecule has 0 bridgehead atoms. The summed E-state index contributed by atoms with van der Waals surface area (Å²) in [5, 5.41) is 4.14. The van der Waals surface area contributed by atoms with Crippen molar-refractivity contribution in [2.45, 2.75) is 26.9 Å². The third-order valence-corrected chi connectivity index (χ3v) is 6.08. The van der Waals surface area contributed by atoms with Crippen molar-refractivity contribution in [1.82, 2.24) is 15.0 Å². The monoisotopic (exact) mass is 411 g/mol. The van der Waals surface area contributed by atoms with Crippen LogP contribution in [0, 0.1) is 19.7 Å². The van der Waals surface area contributed by atoms with Crippen molar-refractivity contribution in [1.29, 1.82) is 0 Å². The van der Waals surface area contributed by atoms with E-state index in [-0.39, 0.29) is 18.2 Å². The highest BCUT2D eigenvalue weighted by Crippen LogP contribution is 2.31. The molecule has 0 amide bonds. The van der Waals surface area contributed by atoms with Crippen molar-refractivity contribution in [2.24, 2.45) is 0 Å². The van der Waals surface area contributed by atoms with Gasteiger partial charge in [-0.2, -0.15) is 0 Å². The van der Waals surface area contributed by atoms with E-state index in [1.54, 1.807) is 47.1 Å². The van der Waals surface area contributed by atoms with E-state index in [0.29, 0.717) is 6.42 Å². The normalized spacial score (nSPS) is 11.0. The molecule has 1 aromatic carbocycles. The van der Waals surface area contributed by atoms with Crippen LogP contribution < -0.4 is 4.74 Å². The fourth-order valence-electron chi connectivity index (χ4n) is 2.79. The van der Waals surface area contributed by atoms with Crippen molar-refractivity contribution in [3.8, 4) is 16.3 Å². The second kappa shape index (κ2) is 8.16. The van der Waals surface area contributed by atoms with E-state index < -0.39 is 0 Å². The zero-order chi connectivity index (χ0) is 19.5. The van der Waals surface area contributed by atoms with Crippen LogP contribution >= 0.6 is 22.7 Å². The maximum absolute atomic E-state index is 13.6. The first-order valence-corrected chi connectivity index (χ1v) is 10.5. The number of hydrogen-bond acceptors (Lipinski definition) is 6. The van der Waals surface area contributed by atoms with Gasteiger partial charge in [-0.3, -0.25) is 4.98 Å². The standard InChI is InChI=1S/C21H18FN3OS2/c1-13-21(28-14(2)24-13)18-12-27-20(25-18)9-16-8-7-15(10-23-16)11-26-19-6-4-3-5-17(19)22/h3-8,10,12H,9,11H2,1-2H3. The molecule has 0 radical (unpaired) electrons. The molecular formula is C21H18FN3OS2. The van der Waals surface area contributed by atoms with Crippen molar-refractivity contribution in [3.05, 3.63) is 80.8 Å². The lowest BCUT2D eigenvalue weighted by Crippen LogP contribution is -1.99. The average Bonchev–Trinajstić information content (AvgIpc) is 3.28. The lowest BCUT2D eigenvalue weighted by Gasteiger charge is -2.07. The summed E-state index contributed by atoms with van der Waals surface area (Å²) in [7, 11) is 0. The fourth-order valence-corrected chi connectivity index (χ4v) is 4.54. The Morgan fingerprint density at radius 1 is 1.07 bits per heavy atom. The summed E-state index contributed by atoms with van der Waals surface area (Å²) in [6, 6.07) is 10.3. The van der Waals surface area contributed by atoms with Gasteiger partial charge in [0.1, 0.15) is 6.61 Å². The molecule has 0 fully saturated rings. The Hall–Kier alpha value is -2.64. The number of pyridine rings is 1. The number of aryl methyl sites for hydroxylation is 2. The van der Waals surface area contributed by atoms with E-state index in [0.717, 1.165) is 37.5 Å². The van der Waals surface area contributed by atoms with Crippen LogP contribution in [-0.2, 0) is 13.0 Å². The van der Waals surface area contributed by atoms with Gasteiger partial charge in [0.25, 0.3) is 0 Å². The molecule has 28 heavy (non-hydrogen) atoms. The number of halogens is 1. The predicted molar refractivity (Wildman–Crippen MR) is 110 cm³/mol. The summed E-state index contributed by atoms with van der Waals surface area (Å²) in [6.07, 6.45) is 2.44. The molecule has 7 heteroatoms. The van der Waals surface area contributed by atoms with Gasteiger partial charge in [-0.05, 0) is 32.0 Å². The molecule has 0 aliphatic carbocycles. The number of aromatic nitrogens is 3. The van der Waals surface area contributed by atoms with Crippen LogP contribution in [0.5, 0.6) is 5.75 Å². The maximum atomic E-state index is 13.6. The summed E-state index contributed by atoms with van der Waals surface area (Å²) < 4.78 is 19.1. The van der Waals surface area contributed by atoms with Crippen LogP contribution in [-0.4, -0.2) is 15.0 Å². The number of hydrogen-bond donors (Lipinski definition) is 0. The van der Waals surface area contributed by atoms with Gasteiger partial charge >= 0.3 is 0 Å². The SMILES string of the molecule is Cc1nc(C)c(-c2csc(Cc3ccc(COc4ccccc4F)cn3)n2)s1. The highest BCUT2D eigenvalue weighted by atomic mass is 32.1. The minimum atomic E-state index is -0.363. The summed E-state index contributed by atoms with van der Waals surface area (Å²) in [5.74, 6) is -0.117. The lowest BCUT2D eigenvalue weighted by atomic mass is 10.2. The highest BCUT2D eigenvalue weighted by Gasteiger charge is 2.12. The van der Waals surface area contributed by atoms with Crippen LogP contribution in [0.15, 0.2) is 48.0 Å². The van der Waals surface area contributed by atoms with Gasteiger partial charge < -0.3 is 4.74 Å². The minimum Gasteiger partial charge on any atom is -0.486 e. The van der Waals surface area contributed by atoms with E-state index in [1.165, 1.54) is 6.07 Å². The Morgan fingerprint density at radius 3 is 2.64 bits per heavy atom. The lowest BCUT2D eigenvalue weighted by molar-refractivity contribution is 0.290. The van der Waals surface area contributed by atoms with Crippen molar-refractivity contribution in [3.63, 3.8) is 0 Å². The number of nitrogens with zero attached hydrogens (tertiary/aromatic N) is 3. The first-order chi connectivity index (χ1) is 13.6. The molecule has 0 N–H and O–H groups in total. The largest absolute Gasteiger partial charge is 0.486 e. The Balaban J connectivity index is 1.40. The second-order valence-electron chi connectivity index (χ2n) is 6.33. The Labute approximate surface area is 170 Å². The molecule has 0 atom stereocenters. The third kappa shape index (κ3) is 4.26. The van der Waals surface area contributed by atoms with Crippen molar-refractivity contribution in [2.75, 3.05) is 0 Å². The zero-order valence-electron chi connectivity index (χ0n) is 15.5. The molecule has 4 rings (SSSR count). The molecule has 4 aromatic rings. The first-order valence-electron chi connectivity index (χ1n) is 8.78. The predicted octanol–water partition coefficient (Wildman–Crippen LogP) is 5.59. The fraction of sp³-hybridized carbons (Fsp3) is 0.190. The molecule has 0 aliphatic heterocycles. The summed E-state index contributed by atoms with van der Waals surface area (Å²) in [4.78, 5) is 14.8. The van der Waals surface area contributed by atoms with Gasteiger partial charge in [-0.25, -0.2) is 14.4 Å². The molecule has 0 unspecified atom stereocenters. The van der Waals surface area contributed by atoms with E-state index in [2.05, 4.69) is 15.3 Å². The van der Waals surface area contributed by atoms with Gasteiger partial charge in [0.15, 0.2) is 11.6 Å². The molecule has 3 aromatic heterocycles. The summed E-state index contributed by atoms with van der Waals surface area (Å²) in [6.45, 7) is 4.30.